The molecule has 0 saturated carbocycles. The van der Waals surface area contributed by atoms with Gasteiger partial charge in [-0.15, -0.1) is 0 Å². The van der Waals surface area contributed by atoms with Crippen LogP contribution in [0.25, 0.3) is 0 Å². The van der Waals surface area contributed by atoms with E-state index >= 15 is 0 Å². The van der Waals surface area contributed by atoms with Gasteiger partial charge in [-0.25, -0.2) is 13.4 Å². The van der Waals surface area contributed by atoms with Crippen molar-refractivity contribution in [3.8, 4) is 0 Å². The van der Waals surface area contributed by atoms with Gasteiger partial charge in [-0.3, -0.25) is 0 Å². The van der Waals surface area contributed by atoms with Crippen LogP contribution in [-0.2, 0) is 16.6 Å². The molecule has 0 radical (unpaired) electrons. The number of hydrogen-bond acceptors (Lipinski definition) is 3. The van der Waals surface area contributed by atoms with E-state index in [1.807, 2.05) is 13.8 Å². The quantitative estimate of drug-likeness (QED) is 0.469. The lowest BCUT2D eigenvalue weighted by Crippen LogP contribution is -2.38. The molecule has 3 N–H and O–H groups in total. The molecule has 27 heavy (non-hydrogen) atoms. The maximum absolute atomic E-state index is 12.5. The molecular weight excluding hydrogens is 360 g/mol. The summed E-state index contributed by atoms with van der Waals surface area (Å²) in [6.45, 7) is 10.7. The Kier molecular flexibility index (Phi) is 9.26. The van der Waals surface area contributed by atoms with Crippen LogP contribution in [0.4, 0.5) is 0 Å². The number of rotatable bonds is 10. The number of aliphatic imine (C=N–C) groups is 1. The van der Waals surface area contributed by atoms with Gasteiger partial charge in [0.1, 0.15) is 0 Å². The van der Waals surface area contributed by atoms with E-state index in [1.165, 1.54) is 17.1 Å². The van der Waals surface area contributed by atoms with Crippen LogP contribution in [0, 0.1) is 5.92 Å². The van der Waals surface area contributed by atoms with Crippen LogP contribution in [0.15, 0.2) is 34.2 Å². The molecule has 0 heterocycles. The first-order valence-electron chi connectivity index (χ1n) is 9.67. The van der Waals surface area contributed by atoms with Gasteiger partial charge in [0.2, 0.25) is 10.0 Å². The van der Waals surface area contributed by atoms with Gasteiger partial charge in [0.05, 0.1) is 11.4 Å². The van der Waals surface area contributed by atoms with Crippen LogP contribution >= 0.6 is 0 Å². The molecule has 154 valence electrons. The Morgan fingerprint density at radius 3 is 2.22 bits per heavy atom. The van der Waals surface area contributed by atoms with Crippen molar-refractivity contribution in [2.45, 2.75) is 77.4 Å². The van der Waals surface area contributed by atoms with Gasteiger partial charge in [-0.1, -0.05) is 38.8 Å². The average Bonchev–Trinajstić information content (AvgIpc) is 2.59. The lowest BCUT2D eigenvalue weighted by Gasteiger charge is -2.21. The second kappa shape index (κ2) is 10.7. The lowest BCUT2D eigenvalue weighted by atomic mass is 10.0. The topological polar surface area (TPSA) is 87.8 Å². The Bertz CT molecular complexity index is 697. The summed E-state index contributed by atoms with van der Waals surface area (Å²) in [7, 11) is -1.87. The molecule has 0 aliphatic rings. The van der Waals surface area contributed by atoms with Crippen LogP contribution in [-0.4, -0.2) is 37.8 Å². The number of hydrogen-bond donors (Lipinski definition) is 2. The summed E-state index contributed by atoms with van der Waals surface area (Å²) in [5, 5.41) is 3.21. The van der Waals surface area contributed by atoms with Crippen molar-refractivity contribution in [2.75, 3.05) is 7.05 Å². The normalized spacial score (nSPS) is 14.2. The predicted molar refractivity (Wildman–Crippen MR) is 113 cm³/mol. The number of benzene rings is 1. The van der Waals surface area contributed by atoms with Crippen molar-refractivity contribution in [2.24, 2.45) is 16.6 Å². The van der Waals surface area contributed by atoms with Crippen LogP contribution in [0.1, 0.15) is 59.4 Å². The molecule has 1 aromatic rings. The number of sulfonamides is 1. The fourth-order valence-electron chi connectivity index (χ4n) is 2.59. The summed E-state index contributed by atoms with van der Waals surface area (Å²) in [6.07, 6.45) is 3.44. The fraction of sp³-hybridized carbons (Fsp3) is 0.650. The van der Waals surface area contributed by atoms with Gasteiger partial charge in [-0.05, 0) is 50.8 Å². The molecule has 0 spiro atoms. The molecule has 0 fully saturated rings. The van der Waals surface area contributed by atoms with Crippen LogP contribution < -0.4 is 11.1 Å². The Balaban J connectivity index is 2.61. The maximum atomic E-state index is 12.5. The standard InChI is InChI=1S/C20H36N4O2S/c1-15(2)8-7-9-17(5)23-20(21)22-14-18-10-12-19(13-11-18)27(25,26)24(6)16(3)4/h10-13,15-17H,7-9,14H2,1-6H3,(H3,21,22,23). The largest absolute Gasteiger partial charge is 0.370 e. The van der Waals surface area contributed by atoms with Crippen LogP contribution in [0.5, 0.6) is 0 Å². The van der Waals surface area contributed by atoms with E-state index in [-0.39, 0.29) is 17.0 Å². The minimum absolute atomic E-state index is 0.0901. The molecule has 0 amide bonds. The number of nitrogens with two attached hydrogens (primary N) is 1. The first-order valence-corrected chi connectivity index (χ1v) is 11.1. The monoisotopic (exact) mass is 396 g/mol. The average molecular weight is 397 g/mol. The molecule has 0 aromatic heterocycles. The third kappa shape index (κ3) is 7.89. The molecule has 0 aliphatic carbocycles. The van der Waals surface area contributed by atoms with E-state index < -0.39 is 10.0 Å². The summed E-state index contributed by atoms with van der Waals surface area (Å²) < 4.78 is 26.3. The minimum Gasteiger partial charge on any atom is -0.370 e. The summed E-state index contributed by atoms with van der Waals surface area (Å²) >= 11 is 0. The van der Waals surface area contributed by atoms with Gasteiger partial charge >= 0.3 is 0 Å². The van der Waals surface area contributed by atoms with Gasteiger partial charge in [0.25, 0.3) is 0 Å². The van der Waals surface area contributed by atoms with Crippen molar-refractivity contribution in [1.82, 2.24) is 9.62 Å². The zero-order valence-corrected chi connectivity index (χ0v) is 18.4. The second-order valence-electron chi connectivity index (χ2n) is 7.83. The van der Waals surface area contributed by atoms with Crippen LogP contribution in [0.3, 0.4) is 0 Å². The highest BCUT2D eigenvalue weighted by atomic mass is 32.2. The lowest BCUT2D eigenvalue weighted by molar-refractivity contribution is 0.410. The second-order valence-corrected chi connectivity index (χ2v) is 9.83. The zero-order valence-electron chi connectivity index (χ0n) is 17.6. The maximum Gasteiger partial charge on any atom is 0.243 e. The summed E-state index contributed by atoms with van der Waals surface area (Å²) in [5.74, 6) is 1.14. The Labute approximate surface area is 165 Å². The summed E-state index contributed by atoms with van der Waals surface area (Å²) in [6, 6.07) is 7.00. The highest BCUT2D eigenvalue weighted by molar-refractivity contribution is 7.89. The Hall–Kier alpha value is -1.60. The first kappa shape index (κ1) is 23.4. The summed E-state index contributed by atoms with van der Waals surface area (Å²) in [4.78, 5) is 4.64. The number of nitrogens with one attached hydrogen (secondary N) is 1. The first-order chi connectivity index (χ1) is 12.5. The summed E-state index contributed by atoms with van der Waals surface area (Å²) in [5.41, 5.74) is 6.88. The van der Waals surface area contributed by atoms with E-state index in [4.69, 9.17) is 5.73 Å². The van der Waals surface area contributed by atoms with Gasteiger partial charge in [0, 0.05) is 19.1 Å². The van der Waals surface area contributed by atoms with E-state index in [0.717, 1.165) is 17.9 Å². The third-order valence-corrected chi connectivity index (χ3v) is 6.62. The molecule has 7 heteroatoms. The van der Waals surface area contributed by atoms with E-state index in [9.17, 15) is 8.42 Å². The Morgan fingerprint density at radius 2 is 1.70 bits per heavy atom. The Morgan fingerprint density at radius 1 is 1.11 bits per heavy atom. The smallest absolute Gasteiger partial charge is 0.243 e. The van der Waals surface area contributed by atoms with Crippen molar-refractivity contribution >= 4 is 16.0 Å². The minimum atomic E-state index is -3.46. The van der Waals surface area contributed by atoms with Gasteiger partial charge in [-0.2, -0.15) is 4.31 Å². The molecule has 0 saturated heterocycles. The highest BCUT2D eigenvalue weighted by Gasteiger charge is 2.22. The van der Waals surface area contributed by atoms with E-state index in [0.29, 0.717) is 12.5 Å². The van der Waals surface area contributed by atoms with Crippen molar-refractivity contribution in [1.29, 1.82) is 0 Å². The SMILES string of the molecule is CC(C)CCCC(C)NC(N)=NCc1ccc(S(=O)(=O)N(C)C(C)C)cc1. The molecule has 6 nitrogen and oxygen atoms in total. The molecule has 1 atom stereocenters. The number of guanidine groups is 1. The molecule has 1 aromatic carbocycles. The fourth-order valence-corrected chi connectivity index (χ4v) is 3.96. The van der Waals surface area contributed by atoms with E-state index in [2.05, 4.69) is 31.1 Å². The van der Waals surface area contributed by atoms with Crippen molar-refractivity contribution in [3.05, 3.63) is 29.8 Å². The third-order valence-electron chi connectivity index (χ3n) is 4.57. The van der Waals surface area contributed by atoms with Crippen molar-refractivity contribution < 1.29 is 8.42 Å². The molecule has 1 unspecified atom stereocenters. The number of nitrogens with zero attached hydrogens (tertiary/aromatic N) is 2. The van der Waals surface area contributed by atoms with Gasteiger partial charge < -0.3 is 11.1 Å². The molecule has 1 rings (SSSR count). The molecule has 0 bridgehead atoms. The molecular formula is C20H36N4O2S. The highest BCUT2D eigenvalue weighted by Crippen LogP contribution is 2.17. The van der Waals surface area contributed by atoms with Gasteiger partial charge in [0.15, 0.2) is 5.96 Å². The zero-order chi connectivity index (χ0) is 20.6. The molecule has 0 aliphatic heterocycles. The van der Waals surface area contributed by atoms with Crippen molar-refractivity contribution in [3.63, 3.8) is 0 Å². The van der Waals surface area contributed by atoms with Crippen LogP contribution in [0.2, 0.25) is 0 Å². The predicted octanol–water partition coefficient (Wildman–Crippen LogP) is 3.33. The van der Waals surface area contributed by atoms with E-state index in [1.54, 1.807) is 31.3 Å².